The van der Waals surface area contributed by atoms with Crippen LogP contribution in [0.1, 0.15) is 24.8 Å². The highest BCUT2D eigenvalue weighted by Gasteiger charge is 2.31. The summed E-state index contributed by atoms with van der Waals surface area (Å²) in [4.78, 5) is 12.5. The van der Waals surface area contributed by atoms with Crippen molar-refractivity contribution in [2.45, 2.75) is 30.7 Å². The fraction of sp³-hybridized carbons (Fsp3) is 0.588. The SMILES string of the molecule is COCCNS(=O)(=O)c1cccc(CNC(=O)[C@@H]2CCC[C@@H]2CN)c1.Cl. The van der Waals surface area contributed by atoms with E-state index >= 15 is 0 Å². The van der Waals surface area contributed by atoms with Crippen LogP contribution in [0.15, 0.2) is 29.2 Å². The van der Waals surface area contributed by atoms with E-state index in [9.17, 15) is 13.2 Å². The predicted octanol–water partition coefficient (Wildman–Crippen LogP) is 1.02. The molecule has 0 bridgehead atoms. The summed E-state index contributed by atoms with van der Waals surface area (Å²) in [5, 5.41) is 2.91. The lowest BCUT2D eigenvalue weighted by Gasteiger charge is -2.17. The van der Waals surface area contributed by atoms with Crippen molar-refractivity contribution >= 4 is 28.3 Å². The molecule has 148 valence electrons. The Kier molecular flexibility index (Phi) is 9.52. The zero-order valence-corrected chi connectivity index (χ0v) is 16.6. The standard InChI is InChI=1S/C17H27N3O4S.ClH/c1-24-9-8-20-25(22,23)15-6-2-4-13(10-15)12-19-17(21)16-7-3-5-14(16)11-18;/h2,4,6,10,14,16,20H,3,5,7-9,11-12,18H2,1H3,(H,19,21);1H/t14-,16-;/m1./s1. The molecule has 0 saturated heterocycles. The van der Waals surface area contributed by atoms with Gasteiger partial charge in [-0.25, -0.2) is 13.1 Å². The number of hydrogen-bond acceptors (Lipinski definition) is 5. The van der Waals surface area contributed by atoms with E-state index in [0.29, 0.717) is 19.7 Å². The average molecular weight is 406 g/mol. The number of methoxy groups -OCH3 is 1. The van der Waals surface area contributed by atoms with Crippen LogP contribution >= 0.6 is 12.4 Å². The number of rotatable bonds is 9. The van der Waals surface area contributed by atoms with E-state index in [0.717, 1.165) is 24.8 Å². The van der Waals surface area contributed by atoms with Crippen LogP contribution in [0.2, 0.25) is 0 Å². The zero-order valence-electron chi connectivity index (χ0n) is 14.9. The van der Waals surface area contributed by atoms with E-state index in [1.165, 1.54) is 13.2 Å². The van der Waals surface area contributed by atoms with Crippen molar-refractivity contribution in [3.63, 3.8) is 0 Å². The molecule has 1 saturated carbocycles. The highest BCUT2D eigenvalue weighted by molar-refractivity contribution is 7.89. The summed E-state index contributed by atoms with van der Waals surface area (Å²) in [6.07, 6.45) is 2.89. The molecule has 7 nitrogen and oxygen atoms in total. The Morgan fingerprint density at radius 3 is 2.81 bits per heavy atom. The molecule has 0 radical (unpaired) electrons. The van der Waals surface area contributed by atoms with Gasteiger partial charge >= 0.3 is 0 Å². The smallest absolute Gasteiger partial charge is 0.240 e. The number of amides is 1. The van der Waals surface area contributed by atoms with Crippen molar-refractivity contribution in [3.8, 4) is 0 Å². The summed E-state index contributed by atoms with van der Waals surface area (Å²) in [6.45, 7) is 1.34. The number of hydrogen-bond donors (Lipinski definition) is 3. The molecule has 2 atom stereocenters. The molecule has 0 aliphatic heterocycles. The molecular weight excluding hydrogens is 378 g/mol. The van der Waals surface area contributed by atoms with Crippen molar-refractivity contribution in [1.82, 2.24) is 10.0 Å². The highest BCUT2D eigenvalue weighted by Crippen LogP contribution is 2.31. The van der Waals surface area contributed by atoms with Gasteiger partial charge in [0.05, 0.1) is 11.5 Å². The molecule has 0 heterocycles. The van der Waals surface area contributed by atoms with Crippen molar-refractivity contribution in [3.05, 3.63) is 29.8 Å². The van der Waals surface area contributed by atoms with Crippen LogP contribution in [0.3, 0.4) is 0 Å². The van der Waals surface area contributed by atoms with Gasteiger partial charge < -0.3 is 15.8 Å². The summed E-state index contributed by atoms with van der Waals surface area (Å²) < 4.78 is 31.8. The van der Waals surface area contributed by atoms with Crippen LogP contribution in [-0.4, -0.2) is 41.1 Å². The van der Waals surface area contributed by atoms with Gasteiger partial charge in [0.25, 0.3) is 0 Å². The molecule has 9 heteroatoms. The molecule has 1 aliphatic rings. The maximum Gasteiger partial charge on any atom is 0.240 e. The summed E-state index contributed by atoms with van der Waals surface area (Å²) in [5.41, 5.74) is 6.47. The first kappa shape index (κ1) is 22.9. The predicted molar refractivity (Wildman–Crippen MR) is 102 cm³/mol. The van der Waals surface area contributed by atoms with Gasteiger partial charge in [-0.3, -0.25) is 4.79 Å². The van der Waals surface area contributed by atoms with Gasteiger partial charge in [-0.1, -0.05) is 18.6 Å². The Hall–Kier alpha value is -1.19. The van der Waals surface area contributed by atoms with E-state index in [2.05, 4.69) is 10.0 Å². The molecule has 1 aliphatic carbocycles. The Morgan fingerprint density at radius 1 is 1.35 bits per heavy atom. The van der Waals surface area contributed by atoms with Gasteiger partial charge in [-0.15, -0.1) is 12.4 Å². The topological polar surface area (TPSA) is 111 Å². The molecule has 1 aromatic carbocycles. The second-order valence-electron chi connectivity index (χ2n) is 6.29. The van der Waals surface area contributed by atoms with Crippen molar-refractivity contribution in [1.29, 1.82) is 0 Å². The quantitative estimate of drug-likeness (QED) is 0.531. The van der Waals surface area contributed by atoms with Crippen LogP contribution in [-0.2, 0) is 26.1 Å². The number of carbonyl (C=O) groups excluding carboxylic acids is 1. The summed E-state index contributed by atoms with van der Waals surface area (Å²) in [5.74, 6) is 0.212. The molecule has 26 heavy (non-hydrogen) atoms. The number of benzene rings is 1. The molecule has 0 aromatic heterocycles. The molecule has 1 aromatic rings. The second kappa shape index (κ2) is 10.8. The van der Waals surface area contributed by atoms with E-state index in [1.807, 2.05) is 0 Å². The molecular formula is C17H28ClN3O4S. The molecule has 4 N–H and O–H groups in total. The van der Waals surface area contributed by atoms with E-state index in [4.69, 9.17) is 10.5 Å². The lowest BCUT2D eigenvalue weighted by molar-refractivity contribution is -0.126. The summed E-state index contributed by atoms with van der Waals surface area (Å²) in [6, 6.07) is 6.57. The summed E-state index contributed by atoms with van der Waals surface area (Å²) in [7, 11) is -2.07. The van der Waals surface area contributed by atoms with Crippen LogP contribution in [0.5, 0.6) is 0 Å². The minimum Gasteiger partial charge on any atom is -0.383 e. The third-order valence-electron chi connectivity index (χ3n) is 4.57. The lowest BCUT2D eigenvalue weighted by atomic mass is 9.95. The largest absolute Gasteiger partial charge is 0.383 e. The van der Waals surface area contributed by atoms with Crippen molar-refractivity contribution < 1.29 is 17.9 Å². The Labute approximate surface area is 161 Å². The minimum atomic E-state index is -3.58. The van der Waals surface area contributed by atoms with Crippen LogP contribution in [0.4, 0.5) is 0 Å². The average Bonchev–Trinajstić information content (AvgIpc) is 3.09. The van der Waals surface area contributed by atoms with Crippen LogP contribution in [0.25, 0.3) is 0 Å². The Bertz CT molecular complexity index is 684. The number of sulfonamides is 1. The molecule has 1 fully saturated rings. The lowest BCUT2D eigenvalue weighted by Crippen LogP contribution is -2.34. The third kappa shape index (κ3) is 6.21. The molecule has 1 amide bonds. The number of nitrogens with one attached hydrogen (secondary N) is 2. The Balaban J connectivity index is 0.00000338. The molecule has 0 spiro atoms. The van der Waals surface area contributed by atoms with Gasteiger partial charge in [0.2, 0.25) is 15.9 Å². The molecule has 2 rings (SSSR count). The van der Waals surface area contributed by atoms with E-state index in [-0.39, 0.29) is 41.6 Å². The maximum atomic E-state index is 12.3. The zero-order chi connectivity index (χ0) is 18.3. The van der Waals surface area contributed by atoms with E-state index in [1.54, 1.807) is 18.2 Å². The fourth-order valence-corrected chi connectivity index (χ4v) is 4.25. The number of carbonyl (C=O) groups is 1. The second-order valence-corrected chi connectivity index (χ2v) is 8.06. The number of halogens is 1. The van der Waals surface area contributed by atoms with Crippen molar-refractivity contribution in [2.75, 3.05) is 26.8 Å². The first-order valence-electron chi connectivity index (χ1n) is 8.53. The van der Waals surface area contributed by atoms with Gasteiger partial charge in [0.15, 0.2) is 0 Å². The minimum absolute atomic E-state index is 0. The Morgan fingerprint density at radius 2 is 2.12 bits per heavy atom. The van der Waals surface area contributed by atoms with Gasteiger partial charge in [-0.05, 0) is 43.0 Å². The van der Waals surface area contributed by atoms with Gasteiger partial charge in [0, 0.05) is 26.1 Å². The van der Waals surface area contributed by atoms with Crippen molar-refractivity contribution in [2.24, 2.45) is 17.6 Å². The van der Waals surface area contributed by atoms with Gasteiger partial charge in [-0.2, -0.15) is 0 Å². The van der Waals surface area contributed by atoms with Gasteiger partial charge in [0.1, 0.15) is 0 Å². The maximum absolute atomic E-state index is 12.3. The summed E-state index contributed by atoms with van der Waals surface area (Å²) >= 11 is 0. The third-order valence-corrected chi connectivity index (χ3v) is 6.03. The molecule has 0 unspecified atom stereocenters. The number of nitrogens with two attached hydrogens (primary N) is 1. The van der Waals surface area contributed by atoms with Crippen LogP contribution < -0.4 is 15.8 Å². The normalized spacial score (nSPS) is 19.8. The first-order chi connectivity index (χ1) is 12.0. The monoisotopic (exact) mass is 405 g/mol. The van der Waals surface area contributed by atoms with Crippen LogP contribution in [0, 0.1) is 11.8 Å². The number of ether oxygens (including phenoxy) is 1. The highest BCUT2D eigenvalue weighted by atomic mass is 35.5. The fourth-order valence-electron chi connectivity index (χ4n) is 3.17. The van der Waals surface area contributed by atoms with E-state index < -0.39 is 10.0 Å². The first-order valence-corrected chi connectivity index (χ1v) is 10.0.